The number of thioether (sulfide) groups is 1. The van der Waals surface area contributed by atoms with Crippen molar-refractivity contribution in [2.45, 2.75) is 55.9 Å². The van der Waals surface area contributed by atoms with E-state index in [9.17, 15) is 4.39 Å². The lowest BCUT2D eigenvalue weighted by Crippen LogP contribution is -2.21. The molecule has 1 aliphatic rings. The molecule has 3 aromatic carbocycles. The molecule has 1 aromatic heterocycles. The number of aryl methyl sites for hydroxylation is 3. The summed E-state index contributed by atoms with van der Waals surface area (Å²) in [6.45, 7) is 1.97. The van der Waals surface area contributed by atoms with Gasteiger partial charge in [0.2, 0.25) is 5.96 Å². The lowest BCUT2D eigenvalue weighted by Gasteiger charge is -2.25. The first-order valence-electron chi connectivity index (χ1n) is 13.5. The first-order chi connectivity index (χ1) is 20.2. The number of hydrogen-bond acceptors (Lipinski definition) is 4. The molecule has 0 bridgehead atoms. The lowest BCUT2D eigenvalue weighted by atomic mass is 9.83. The van der Waals surface area contributed by atoms with Crippen molar-refractivity contribution >= 4 is 47.9 Å². The molecule has 1 unspecified atom stereocenters. The molecule has 0 fully saturated rings. The van der Waals surface area contributed by atoms with Crippen LogP contribution in [0.25, 0.3) is 5.69 Å². The van der Waals surface area contributed by atoms with E-state index in [1.54, 1.807) is 12.1 Å². The van der Waals surface area contributed by atoms with E-state index in [0.717, 1.165) is 47.5 Å². The second-order valence-electron chi connectivity index (χ2n) is 10.2. The standard InChI is InChI=1S/C31H30ClF3N6S.ClH/c1-18-14-20(7-12-25(18)32)23-5-2-6-28-29(23)41(22-10-8-21(33)9-11-22)31(39-28)42-17-24-26(34)15-19(16-27(24)35)4-3-13-38-40-30(36)37;/h7-16,23H,2-6,17H2,1H3,(H4,36,37,40);1H/b38-13+;. The quantitative estimate of drug-likeness (QED) is 0.0846. The second-order valence-corrected chi connectivity index (χ2v) is 11.5. The van der Waals surface area contributed by atoms with Gasteiger partial charge in [-0.15, -0.1) is 17.5 Å². The fraction of sp³-hybridized carbons (Fsp3) is 0.258. The van der Waals surface area contributed by atoms with Gasteiger partial charge >= 0.3 is 0 Å². The van der Waals surface area contributed by atoms with Crippen LogP contribution in [0.4, 0.5) is 13.2 Å². The van der Waals surface area contributed by atoms with Crippen molar-refractivity contribution < 1.29 is 13.2 Å². The van der Waals surface area contributed by atoms with Crippen molar-refractivity contribution in [2.24, 2.45) is 21.7 Å². The smallest absolute Gasteiger partial charge is 0.211 e. The van der Waals surface area contributed by atoms with E-state index in [1.807, 2.05) is 23.6 Å². The van der Waals surface area contributed by atoms with Gasteiger partial charge in [-0.3, -0.25) is 4.57 Å². The zero-order chi connectivity index (χ0) is 29.8. The third-order valence-electron chi connectivity index (χ3n) is 7.23. The number of guanidine groups is 1. The van der Waals surface area contributed by atoms with E-state index in [4.69, 9.17) is 28.1 Å². The van der Waals surface area contributed by atoms with Crippen molar-refractivity contribution in [3.63, 3.8) is 0 Å². The van der Waals surface area contributed by atoms with Crippen LogP contribution in [-0.2, 0) is 18.6 Å². The zero-order valence-electron chi connectivity index (χ0n) is 23.4. The Morgan fingerprint density at radius 3 is 2.49 bits per heavy atom. The Morgan fingerprint density at radius 1 is 1.09 bits per heavy atom. The van der Waals surface area contributed by atoms with E-state index >= 15 is 8.78 Å². The average molecular weight is 648 g/mol. The van der Waals surface area contributed by atoms with Gasteiger partial charge in [-0.1, -0.05) is 35.5 Å². The first kappa shape index (κ1) is 32.4. The third kappa shape index (κ3) is 7.55. The summed E-state index contributed by atoms with van der Waals surface area (Å²) in [5.74, 6) is -1.69. The molecule has 0 radical (unpaired) electrons. The summed E-state index contributed by atoms with van der Waals surface area (Å²) in [7, 11) is 0. The molecule has 0 saturated carbocycles. The van der Waals surface area contributed by atoms with Crippen LogP contribution in [0.2, 0.25) is 5.02 Å². The summed E-state index contributed by atoms with van der Waals surface area (Å²) < 4.78 is 46.1. The summed E-state index contributed by atoms with van der Waals surface area (Å²) in [5.41, 5.74) is 15.7. The van der Waals surface area contributed by atoms with E-state index in [0.29, 0.717) is 28.6 Å². The van der Waals surface area contributed by atoms with Crippen molar-refractivity contribution in [1.29, 1.82) is 0 Å². The Labute approximate surface area is 263 Å². The van der Waals surface area contributed by atoms with Crippen LogP contribution in [0.15, 0.2) is 70.0 Å². The van der Waals surface area contributed by atoms with Gasteiger partial charge < -0.3 is 11.5 Å². The Hall–Kier alpha value is -3.47. The molecule has 12 heteroatoms. The third-order valence-corrected chi connectivity index (χ3v) is 8.62. The maximum atomic E-state index is 15.1. The maximum absolute atomic E-state index is 15.1. The number of halogens is 5. The minimum Gasteiger partial charge on any atom is -0.369 e. The van der Waals surface area contributed by atoms with Crippen LogP contribution in [-0.4, -0.2) is 21.7 Å². The molecule has 0 amide bonds. The highest BCUT2D eigenvalue weighted by Gasteiger charge is 2.30. The highest BCUT2D eigenvalue weighted by Crippen LogP contribution is 2.42. The molecule has 5 rings (SSSR count). The van der Waals surface area contributed by atoms with Gasteiger partial charge in [0.25, 0.3) is 0 Å². The van der Waals surface area contributed by atoms with E-state index < -0.39 is 11.6 Å². The molecular weight excluding hydrogens is 616 g/mol. The highest BCUT2D eigenvalue weighted by atomic mass is 35.5. The zero-order valence-corrected chi connectivity index (χ0v) is 25.8. The van der Waals surface area contributed by atoms with Crippen LogP contribution >= 0.6 is 35.8 Å². The van der Waals surface area contributed by atoms with Crippen LogP contribution < -0.4 is 11.5 Å². The van der Waals surface area contributed by atoms with Gasteiger partial charge in [0.05, 0.1) is 11.4 Å². The lowest BCUT2D eigenvalue weighted by molar-refractivity contribution is 0.562. The molecule has 1 atom stereocenters. The SMILES string of the molecule is Cc1cc(C2CCCc3nc(SCc4c(F)cc(CC/C=N/N=C(N)N)cc4F)n(-c4ccc(F)cc4)c32)ccc1Cl.Cl. The molecule has 0 saturated heterocycles. The number of imidazole rings is 1. The van der Waals surface area contributed by atoms with Crippen molar-refractivity contribution in [2.75, 3.05) is 0 Å². The molecule has 1 heterocycles. The van der Waals surface area contributed by atoms with Crippen LogP contribution in [0.1, 0.15) is 58.8 Å². The van der Waals surface area contributed by atoms with Gasteiger partial charge in [-0.2, -0.15) is 5.10 Å². The van der Waals surface area contributed by atoms with Gasteiger partial charge in [0, 0.05) is 34.2 Å². The fourth-order valence-corrected chi connectivity index (χ4v) is 6.40. The van der Waals surface area contributed by atoms with Crippen molar-refractivity contribution in [1.82, 2.24) is 9.55 Å². The Bertz CT molecular complexity index is 1630. The molecular formula is C31H31Cl2F3N6S. The fourth-order valence-electron chi connectivity index (χ4n) is 5.22. The molecule has 1 aliphatic carbocycles. The first-order valence-corrected chi connectivity index (χ1v) is 14.9. The molecule has 43 heavy (non-hydrogen) atoms. The molecule has 226 valence electrons. The number of aromatic nitrogens is 2. The number of fused-ring (bicyclic) bond motifs is 1. The van der Waals surface area contributed by atoms with Gasteiger partial charge in [0.1, 0.15) is 17.5 Å². The Kier molecular flexibility index (Phi) is 10.8. The topological polar surface area (TPSA) is 94.6 Å². The number of hydrogen-bond donors (Lipinski definition) is 2. The highest BCUT2D eigenvalue weighted by molar-refractivity contribution is 7.98. The van der Waals surface area contributed by atoms with Crippen LogP contribution in [0.5, 0.6) is 0 Å². The van der Waals surface area contributed by atoms with Crippen molar-refractivity contribution in [3.8, 4) is 5.69 Å². The Morgan fingerprint density at radius 2 is 1.81 bits per heavy atom. The number of nitrogens with zero attached hydrogens (tertiary/aromatic N) is 4. The van der Waals surface area contributed by atoms with Crippen molar-refractivity contribution in [3.05, 3.63) is 111 Å². The Balaban J connectivity index is 0.00000423. The average Bonchev–Trinajstić information content (AvgIpc) is 3.33. The minimum atomic E-state index is -0.627. The molecule has 4 aromatic rings. The molecule has 4 N–H and O–H groups in total. The van der Waals surface area contributed by atoms with E-state index in [1.165, 1.54) is 42.2 Å². The molecule has 6 nitrogen and oxygen atoms in total. The predicted molar refractivity (Wildman–Crippen MR) is 170 cm³/mol. The monoisotopic (exact) mass is 646 g/mol. The van der Waals surface area contributed by atoms with Gasteiger partial charge in [-0.05, 0) is 98.2 Å². The summed E-state index contributed by atoms with van der Waals surface area (Å²) in [4.78, 5) is 4.95. The minimum absolute atomic E-state index is 0. The maximum Gasteiger partial charge on any atom is 0.211 e. The normalized spacial score (nSPS) is 14.4. The largest absolute Gasteiger partial charge is 0.369 e. The molecule has 0 spiro atoms. The predicted octanol–water partition coefficient (Wildman–Crippen LogP) is 7.63. The van der Waals surface area contributed by atoms with Gasteiger partial charge in [-0.25, -0.2) is 18.2 Å². The van der Waals surface area contributed by atoms with Crippen LogP contribution in [0, 0.1) is 24.4 Å². The summed E-state index contributed by atoms with van der Waals surface area (Å²) in [6.07, 6.45) is 4.91. The van der Waals surface area contributed by atoms with E-state index in [2.05, 4.69) is 16.3 Å². The second kappa shape index (κ2) is 14.3. The number of rotatable bonds is 9. The van der Waals surface area contributed by atoms with E-state index in [-0.39, 0.29) is 41.4 Å². The summed E-state index contributed by atoms with van der Waals surface area (Å²) in [5, 5.41) is 8.50. The van der Waals surface area contributed by atoms with Gasteiger partial charge in [0.15, 0.2) is 5.16 Å². The number of nitrogens with two attached hydrogens (primary N) is 2. The van der Waals surface area contributed by atoms with Crippen LogP contribution in [0.3, 0.4) is 0 Å². The summed E-state index contributed by atoms with van der Waals surface area (Å²) in [6, 6.07) is 14.9. The summed E-state index contributed by atoms with van der Waals surface area (Å²) >= 11 is 7.57. The number of benzene rings is 3. The molecule has 0 aliphatic heterocycles.